The third-order valence-electron chi connectivity index (χ3n) is 7.87. The summed E-state index contributed by atoms with van der Waals surface area (Å²) in [7, 11) is 2.51. The summed E-state index contributed by atoms with van der Waals surface area (Å²) >= 11 is 13.2. The highest BCUT2D eigenvalue weighted by Crippen LogP contribution is 2.40. The fourth-order valence-corrected chi connectivity index (χ4v) is 6.49. The second kappa shape index (κ2) is 12.8. The van der Waals surface area contributed by atoms with Gasteiger partial charge in [-0.25, -0.2) is 4.99 Å². The van der Waals surface area contributed by atoms with E-state index in [9.17, 15) is 9.00 Å². The summed E-state index contributed by atoms with van der Waals surface area (Å²) in [5.74, 6) is 1.22. The average Bonchev–Trinajstić information content (AvgIpc) is 3.34. The Morgan fingerprint density at radius 3 is 2.60 bits per heavy atom. The first-order valence-electron chi connectivity index (χ1n) is 14.1. The van der Waals surface area contributed by atoms with Gasteiger partial charge in [0, 0.05) is 50.8 Å². The Hall–Kier alpha value is -3.25. The number of hydrogen-bond donors (Lipinski definition) is 4. The molecule has 1 aliphatic carbocycles. The number of amides is 1. The van der Waals surface area contributed by atoms with Gasteiger partial charge >= 0.3 is 0 Å². The standard InChI is InChI=1S/C30H38Cl2N6O4S/c1-37-29(42-26-14-18-8-6-7-9-20(18)27(26)38(2)43(4,5)40)23(32)17-34-30(37)36-24-16-22(31)21(15-25(24)41-3)28(39)35-19-10-12-33-13-11-19/h6-9,15-17,19,30,33,36,43H,10-14H2,1-5H3,(H,35,39). The summed E-state index contributed by atoms with van der Waals surface area (Å²) in [6, 6.07) is 11.4. The zero-order valence-electron chi connectivity index (χ0n) is 24.9. The molecule has 1 amide bonds. The van der Waals surface area contributed by atoms with Gasteiger partial charge in [0.15, 0.2) is 6.29 Å². The lowest BCUT2D eigenvalue weighted by Crippen LogP contribution is -2.42. The smallest absolute Gasteiger partial charge is 0.253 e. The number of nitrogens with zero attached hydrogens (tertiary/aromatic N) is 3. The zero-order chi connectivity index (χ0) is 30.9. The van der Waals surface area contributed by atoms with E-state index in [1.54, 1.807) is 40.9 Å². The number of aliphatic imine (C=N–C) groups is 1. The number of halogens is 2. The summed E-state index contributed by atoms with van der Waals surface area (Å²) in [4.78, 5) is 19.3. The molecule has 3 aliphatic rings. The Labute approximate surface area is 263 Å². The monoisotopic (exact) mass is 648 g/mol. The van der Waals surface area contributed by atoms with E-state index < -0.39 is 16.4 Å². The number of hydrogen-bond acceptors (Lipinski definition) is 8. The molecular weight excluding hydrogens is 611 g/mol. The molecule has 232 valence electrons. The fourth-order valence-electron chi connectivity index (χ4n) is 5.31. The molecule has 2 aromatic carbocycles. The molecule has 0 spiro atoms. The van der Waals surface area contributed by atoms with Crippen molar-refractivity contribution in [1.29, 1.82) is 0 Å². The van der Waals surface area contributed by atoms with Crippen molar-refractivity contribution in [2.24, 2.45) is 4.99 Å². The van der Waals surface area contributed by atoms with Crippen molar-refractivity contribution in [3.63, 3.8) is 0 Å². The van der Waals surface area contributed by atoms with Crippen LogP contribution < -0.4 is 20.7 Å². The van der Waals surface area contributed by atoms with Crippen molar-refractivity contribution in [1.82, 2.24) is 19.8 Å². The van der Waals surface area contributed by atoms with Crippen LogP contribution in [0.25, 0.3) is 5.70 Å². The van der Waals surface area contributed by atoms with Gasteiger partial charge in [-0.2, -0.15) is 0 Å². The van der Waals surface area contributed by atoms with Crippen LogP contribution in [0.2, 0.25) is 5.02 Å². The number of allylic oxidation sites excluding steroid dienone is 2. The number of fused-ring (bicyclic) bond motifs is 1. The number of thiol groups is 1. The lowest BCUT2D eigenvalue weighted by Gasteiger charge is -2.34. The summed E-state index contributed by atoms with van der Waals surface area (Å²) in [6.07, 6.45) is 6.60. The maximum Gasteiger partial charge on any atom is 0.253 e. The molecule has 1 atom stereocenters. The van der Waals surface area contributed by atoms with Crippen LogP contribution in [0.5, 0.6) is 5.75 Å². The van der Waals surface area contributed by atoms with Crippen LogP contribution >= 0.6 is 23.2 Å². The van der Waals surface area contributed by atoms with Crippen LogP contribution in [0, 0.1) is 0 Å². The Bertz CT molecular complexity index is 1550. The summed E-state index contributed by atoms with van der Waals surface area (Å²) in [6.45, 7) is 1.73. The molecule has 13 heteroatoms. The lowest BCUT2D eigenvalue weighted by molar-refractivity contribution is 0.0929. The molecule has 10 nitrogen and oxygen atoms in total. The van der Waals surface area contributed by atoms with Gasteiger partial charge in [0.25, 0.3) is 5.91 Å². The van der Waals surface area contributed by atoms with Crippen molar-refractivity contribution < 1.29 is 18.5 Å². The lowest BCUT2D eigenvalue weighted by atomic mass is 10.1. The van der Waals surface area contributed by atoms with Crippen LogP contribution in [-0.4, -0.2) is 84.7 Å². The second-order valence-corrected chi connectivity index (χ2v) is 15.1. The normalized spacial score (nSPS) is 19.3. The summed E-state index contributed by atoms with van der Waals surface area (Å²) in [5.41, 5.74) is 3.71. The maximum atomic E-state index is 13.1. The second-order valence-electron chi connectivity index (χ2n) is 11.1. The fraction of sp³-hybridized carbons (Fsp3) is 0.400. The minimum atomic E-state index is -2.64. The Morgan fingerprint density at radius 2 is 1.91 bits per heavy atom. The van der Waals surface area contributed by atoms with E-state index in [1.165, 1.54) is 13.3 Å². The van der Waals surface area contributed by atoms with E-state index in [0.29, 0.717) is 40.1 Å². The van der Waals surface area contributed by atoms with E-state index in [1.807, 2.05) is 31.3 Å². The van der Waals surface area contributed by atoms with E-state index in [4.69, 9.17) is 32.7 Å². The first kappa shape index (κ1) is 31.2. The van der Waals surface area contributed by atoms with Crippen LogP contribution in [0.3, 0.4) is 0 Å². The van der Waals surface area contributed by atoms with Crippen LogP contribution in [0.4, 0.5) is 5.69 Å². The molecule has 2 heterocycles. The van der Waals surface area contributed by atoms with E-state index in [0.717, 1.165) is 42.8 Å². The minimum Gasteiger partial charge on any atom is -0.495 e. The number of rotatable bonds is 9. The molecule has 5 rings (SSSR count). The third kappa shape index (κ3) is 6.64. The van der Waals surface area contributed by atoms with Crippen molar-refractivity contribution in [2.75, 3.05) is 52.1 Å². The molecule has 0 saturated carbocycles. The van der Waals surface area contributed by atoms with Gasteiger partial charge in [0.1, 0.15) is 16.5 Å². The van der Waals surface area contributed by atoms with E-state index in [-0.39, 0.29) is 17.0 Å². The molecule has 0 bridgehead atoms. The Balaban J connectivity index is 1.37. The molecule has 3 N–H and O–H groups in total. The van der Waals surface area contributed by atoms with Gasteiger partial charge in [-0.15, -0.1) is 0 Å². The number of anilines is 1. The van der Waals surface area contributed by atoms with E-state index in [2.05, 4.69) is 20.9 Å². The number of methoxy groups -OCH3 is 1. The highest BCUT2D eigenvalue weighted by Gasteiger charge is 2.32. The molecule has 1 fully saturated rings. The number of piperidine rings is 1. The third-order valence-corrected chi connectivity index (χ3v) is 10.1. The van der Waals surface area contributed by atoms with Crippen molar-refractivity contribution >= 4 is 56.8 Å². The van der Waals surface area contributed by atoms with Gasteiger partial charge in [0.2, 0.25) is 5.88 Å². The highest BCUT2D eigenvalue weighted by molar-refractivity contribution is 7.99. The zero-order valence-corrected chi connectivity index (χ0v) is 27.3. The van der Waals surface area contributed by atoms with Crippen molar-refractivity contribution in [3.8, 4) is 5.75 Å². The first-order chi connectivity index (χ1) is 20.5. The Morgan fingerprint density at radius 1 is 1.19 bits per heavy atom. The number of benzene rings is 2. The van der Waals surface area contributed by atoms with E-state index >= 15 is 0 Å². The van der Waals surface area contributed by atoms with Crippen molar-refractivity contribution in [2.45, 2.75) is 31.6 Å². The van der Waals surface area contributed by atoms with Crippen molar-refractivity contribution in [3.05, 3.63) is 74.8 Å². The number of nitrogens with one attached hydrogen (secondary N) is 3. The minimum absolute atomic E-state index is 0.0958. The molecule has 0 aromatic heterocycles. The number of ether oxygens (including phenoxy) is 2. The topological polar surface area (TPSA) is 108 Å². The number of carbonyl (C=O) groups is 1. The van der Waals surface area contributed by atoms with Gasteiger partial charge < -0.3 is 34.6 Å². The van der Waals surface area contributed by atoms with Crippen LogP contribution in [0.1, 0.15) is 34.3 Å². The van der Waals surface area contributed by atoms with Crippen LogP contribution in [0.15, 0.2) is 58.1 Å². The van der Waals surface area contributed by atoms with Gasteiger partial charge in [0.05, 0.1) is 29.1 Å². The predicted octanol–water partition coefficient (Wildman–Crippen LogP) is 4.01. The highest BCUT2D eigenvalue weighted by atomic mass is 35.5. The average molecular weight is 650 g/mol. The predicted molar refractivity (Wildman–Crippen MR) is 175 cm³/mol. The first-order valence-corrected chi connectivity index (χ1v) is 17.4. The molecule has 1 saturated heterocycles. The summed E-state index contributed by atoms with van der Waals surface area (Å²) < 4.78 is 27.0. The Kier molecular flexibility index (Phi) is 9.26. The molecule has 0 radical (unpaired) electrons. The largest absolute Gasteiger partial charge is 0.495 e. The van der Waals surface area contributed by atoms with Gasteiger partial charge in [-0.3, -0.25) is 9.00 Å². The number of carbonyl (C=O) groups excluding carboxylic acids is 1. The maximum absolute atomic E-state index is 13.1. The SMILES string of the molecule is COc1cc(C(=O)NC2CCNCC2)c(Cl)cc1NC1N=CC(Cl)=C(OC2=C(N(C)[SH](C)(C)=O)c3ccccc3C2)N1C. The molecule has 2 aromatic rings. The van der Waals surface area contributed by atoms with Gasteiger partial charge in [-0.05, 0) is 53.7 Å². The van der Waals surface area contributed by atoms with Crippen LogP contribution in [-0.2, 0) is 21.3 Å². The molecular formula is C30H38Cl2N6O4S. The quantitative estimate of drug-likeness (QED) is 0.304. The molecule has 2 aliphatic heterocycles. The molecule has 1 unspecified atom stereocenters. The molecule has 43 heavy (non-hydrogen) atoms. The summed E-state index contributed by atoms with van der Waals surface area (Å²) in [5, 5.41) is 10.3. The van der Waals surface area contributed by atoms with Gasteiger partial charge in [-0.1, -0.05) is 47.5 Å².